The maximum Gasteiger partial charge on any atom is 0.356 e. The van der Waals surface area contributed by atoms with Crippen molar-refractivity contribution in [1.82, 2.24) is 20.2 Å². The fourth-order valence-corrected chi connectivity index (χ4v) is 2.66. The number of hydrogen-bond acceptors (Lipinski definition) is 8. The summed E-state index contributed by atoms with van der Waals surface area (Å²) >= 11 is 0. The number of carbonyl (C=O) groups is 1. The van der Waals surface area contributed by atoms with E-state index in [1.54, 1.807) is 30.5 Å². The standard InChI is InChI=1S/C19H15FN6O3/c1-28-18(27)15-8-17(25-19(21)24-15)23-11-2-5-16(13(20)7-11)29-12-3-4-14-10(6-12)9-22-26-14/h2-9H,1H3,(H,22,26)(H3,21,23,24,25). The predicted octanol–water partition coefficient (Wildman–Crippen LogP) is 3.40. The van der Waals surface area contributed by atoms with Crippen molar-refractivity contribution in [3.8, 4) is 11.5 Å². The molecule has 0 unspecified atom stereocenters. The van der Waals surface area contributed by atoms with E-state index in [2.05, 4.69) is 30.2 Å². The molecule has 2 aromatic heterocycles. The Morgan fingerprint density at radius 2 is 2.03 bits per heavy atom. The second-order valence-corrected chi connectivity index (χ2v) is 5.98. The zero-order valence-electron chi connectivity index (χ0n) is 15.1. The number of methoxy groups -OCH3 is 1. The van der Waals surface area contributed by atoms with E-state index in [0.29, 0.717) is 11.4 Å². The van der Waals surface area contributed by atoms with Crippen LogP contribution in [0.15, 0.2) is 48.7 Å². The number of aromatic amines is 1. The van der Waals surface area contributed by atoms with Gasteiger partial charge in [0.15, 0.2) is 17.3 Å². The summed E-state index contributed by atoms with van der Waals surface area (Å²) < 4.78 is 24.8. The summed E-state index contributed by atoms with van der Waals surface area (Å²) in [5.41, 5.74) is 6.83. The molecule has 0 saturated carbocycles. The number of nitrogens with zero attached hydrogens (tertiary/aromatic N) is 3. The van der Waals surface area contributed by atoms with E-state index in [0.717, 1.165) is 10.9 Å². The maximum absolute atomic E-state index is 14.5. The molecule has 0 bridgehead atoms. The molecule has 0 aliphatic rings. The second kappa shape index (κ2) is 7.43. The van der Waals surface area contributed by atoms with Crippen LogP contribution in [-0.4, -0.2) is 33.2 Å². The zero-order chi connectivity index (χ0) is 20.4. The number of nitrogens with two attached hydrogens (primary N) is 1. The summed E-state index contributed by atoms with van der Waals surface area (Å²) in [5.74, 6) is -0.619. The lowest BCUT2D eigenvalue weighted by molar-refractivity contribution is 0.0594. The number of benzene rings is 2. The molecule has 10 heteroatoms. The van der Waals surface area contributed by atoms with Crippen molar-refractivity contribution in [3.05, 3.63) is 60.2 Å². The van der Waals surface area contributed by atoms with Gasteiger partial charge in [0, 0.05) is 23.2 Å². The minimum Gasteiger partial charge on any atom is -0.464 e. The number of esters is 1. The Hall–Kier alpha value is -4.21. The van der Waals surface area contributed by atoms with Crippen LogP contribution >= 0.6 is 0 Å². The van der Waals surface area contributed by atoms with Gasteiger partial charge in [-0.15, -0.1) is 0 Å². The molecular weight excluding hydrogens is 379 g/mol. The molecule has 0 amide bonds. The van der Waals surface area contributed by atoms with Gasteiger partial charge >= 0.3 is 5.97 Å². The minimum absolute atomic E-state index is 0.0161. The van der Waals surface area contributed by atoms with E-state index < -0.39 is 11.8 Å². The number of nitrogen functional groups attached to an aromatic ring is 1. The van der Waals surface area contributed by atoms with E-state index >= 15 is 0 Å². The van der Waals surface area contributed by atoms with Gasteiger partial charge in [-0.1, -0.05) is 0 Å². The van der Waals surface area contributed by atoms with Gasteiger partial charge in [0.2, 0.25) is 5.95 Å². The molecule has 29 heavy (non-hydrogen) atoms. The molecule has 0 spiro atoms. The third-order valence-electron chi connectivity index (χ3n) is 3.98. The number of H-pyrrole nitrogens is 1. The number of fused-ring (bicyclic) bond motifs is 1. The van der Waals surface area contributed by atoms with E-state index in [4.69, 9.17) is 10.5 Å². The number of nitrogens with one attached hydrogen (secondary N) is 2. The average Bonchev–Trinajstić information content (AvgIpc) is 3.17. The predicted molar refractivity (Wildman–Crippen MR) is 104 cm³/mol. The maximum atomic E-state index is 14.5. The number of hydrogen-bond donors (Lipinski definition) is 3. The van der Waals surface area contributed by atoms with Gasteiger partial charge < -0.3 is 20.5 Å². The van der Waals surface area contributed by atoms with E-state index in [9.17, 15) is 9.18 Å². The van der Waals surface area contributed by atoms with E-state index in [1.807, 2.05) is 0 Å². The van der Waals surface area contributed by atoms with Crippen molar-refractivity contribution in [2.24, 2.45) is 0 Å². The highest BCUT2D eigenvalue weighted by Gasteiger charge is 2.12. The van der Waals surface area contributed by atoms with Gasteiger partial charge in [0.25, 0.3) is 0 Å². The molecule has 0 atom stereocenters. The van der Waals surface area contributed by atoms with Crippen molar-refractivity contribution in [3.63, 3.8) is 0 Å². The first kappa shape index (κ1) is 18.2. The lowest BCUT2D eigenvalue weighted by Crippen LogP contribution is -2.09. The average molecular weight is 394 g/mol. The summed E-state index contributed by atoms with van der Waals surface area (Å²) in [6, 6.07) is 10.9. The number of aromatic nitrogens is 4. The highest BCUT2D eigenvalue weighted by Crippen LogP contribution is 2.29. The van der Waals surface area contributed by atoms with Crippen molar-refractivity contribution >= 4 is 34.3 Å². The molecule has 4 N–H and O–H groups in total. The first-order valence-corrected chi connectivity index (χ1v) is 8.42. The number of halogens is 1. The lowest BCUT2D eigenvalue weighted by Gasteiger charge is -2.10. The summed E-state index contributed by atoms with van der Waals surface area (Å²) in [4.78, 5) is 19.4. The van der Waals surface area contributed by atoms with E-state index in [1.165, 1.54) is 25.3 Å². The van der Waals surface area contributed by atoms with Crippen LogP contribution < -0.4 is 15.8 Å². The first-order chi connectivity index (χ1) is 14.0. The van der Waals surface area contributed by atoms with Crippen LogP contribution in [-0.2, 0) is 4.74 Å². The quantitative estimate of drug-likeness (QED) is 0.440. The van der Waals surface area contributed by atoms with Gasteiger partial charge in [-0.05, 0) is 30.3 Å². The molecule has 4 aromatic rings. The molecule has 0 saturated heterocycles. The van der Waals surface area contributed by atoms with Crippen LogP contribution in [0, 0.1) is 5.82 Å². The first-order valence-electron chi connectivity index (χ1n) is 8.42. The van der Waals surface area contributed by atoms with Gasteiger partial charge in [-0.2, -0.15) is 10.1 Å². The smallest absolute Gasteiger partial charge is 0.356 e. The van der Waals surface area contributed by atoms with Crippen molar-refractivity contribution in [1.29, 1.82) is 0 Å². The Bertz CT molecular complexity index is 1210. The molecule has 146 valence electrons. The molecule has 9 nitrogen and oxygen atoms in total. The largest absolute Gasteiger partial charge is 0.464 e. The summed E-state index contributed by atoms with van der Waals surface area (Å²) in [7, 11) is 1.23. The summed E-state index contributed by atoms with van der Waals surface area (Å²) in [6.45, 7) is 0. The SMILES string of the molecule is COC(=O)c1cc(Nc2ccc(Oc3ccc4[nH]ncc4c3)c(F)c2)nc(N)n1. The molecule has 2 heterocycles. The Labute approximate surface area is 163 Å². The van der Waals surface area contributed by atoms with Crippen LogP contribution in [0.3, 0.4) is 0 Å². The fraction of sp³-hybridized carbons (Fsp3) is 0.0526. The van der Waals surface area contributed by atoms with Gasteiger partial charge in [0.05, 0.1) is 18.8 Å². The lowest BCUT2D eigenvalue weighted by atomic mass is 10.2. The summed E-state index contributed by atoms with van der Waals surface area (Å²) in [5, 5.41) is 10.5. The van der Waals surface area contributed by atoms with Gasteiger partial charge in [-0.3, -0.25) is 5.10 Å². The number of carbonyl (C=O) groups excluding carboxylic acids is 1. The van der Waals surface area contributed by atoms with Crippen LogP contribution in [0.5, 0.6) is 11.5 Å². The van der Waals surface area contributed by atoms with Crippen LogP contribution in [0.4, 0.5) is 21.8 Å². The van der Waals surface area contributed by atoms with Gasteiger partial charge in [-0.25, -0.2) is 14.2 Å². The normalized spacial score (nSPS) is 10.7. The number of ether oxygens (including phenoxy) is 2. The molecule has 0 fully saturated rings. The Balaban J connectivity index is 1.54. The molecule has 0 aliphatic carbocycles. The molecule has 4 rings (SSSR count). The number of rotatable bonds is 5. The van der Waals surface area contributed by atoms with Crippen LogP contribution in [0.2, 0.25) is 0 Å². The second-order valence-electron chi connectivity index (χ2n) is 5.98. The van der Waals surface area contributed by atoms with Crippen LogP contribution in [0.25, 0.3) is 10.9 Å². The van der Waals surface area contributed by atoms with E-state index in [-0.39, 0.29) is 23.2 Å². The summed E-state index contributed by atoms with van der Waals surface area (Å²) in [6.07, 6.45) is 1.65. The fourth-order valence-electron chi connectivity index (χ4n) is 2.66. The number of anilines is 3. The monoisotopic (exact) mass is 394 g/mol. The minimum atomic E-state index is -0.660. The Morgan fingerprint density at radius 3 is 2.83 bits per heavy atom. The third kappa shape index (κ3) is 3.90. The highest BCUT2D eigenvalue weighted by atomic mass is 19.1. The molecular formula is C19H15FN6O3. The topological polar surface area (TPSA) is 128 Å². The molecule has 0 aliphatic heterocycles. The molecule has 2 aromatic carbocycles. The highest BCUT2D eigenvalue weighted by molar-refractivity contribution is 5.88. The van der Waals surface area contributed by atoms with Gasteiger partial charge in [0.1, 0.15) is 11.6 Å². The molecule has 0 radical (unpaired) electrons. The van der Waals surface area contributed by atoms with Crippen molar-refractivity contribution in [2.45, 2.75) is 0 Å². The Morgan fingerprint density at radius 1 is 1.17 bits per heavy atom. The van der Waals surface area contributed by atoms with Crippen LogP contribution in [0.1, 0.15) is 10.5 Å². The Kier molecular flexibility index (Phi) is 4.65. The zero-order valence-corrected chi connectivity index (χ0v) is 15.1. The van der Waals surface area contributed by atoms with Crippen molar-refractivity contribution in [2.75, 3.05) is 18.2 Å². The van der Waals surface area contributed by atoms with Crippen molar-refractivity contribution < 1.29 is 18.7 Å². The third-order valence-corrected chi connectivity index (χ3v) is 3.98.